The van der Waals surface area contributed by atoms with E-state index in [4.69, 9.17) is 11.6 Å². The molecular weight excluding hydrogens is 248 g/mol. The van der Waals surface area contributed by atoms with Crippen LogP contribution in [0, 0.1) is 11.6 Å². The summed E-state index contributed by atoms with van der Waals surface area (Å²) in [6.07, 6.45) is 0.512. The van der Waals surface area contributed by atoms with Crippen LogP contribution >= 0.6 is 11.6 Å². The van der Waals surface area contributed by atoms with E-state index in [9.17, 15) is 13.6 Å². The number of nitrogens with one attached hydrogen (secondary N) is 1. The summed E-state index contributed by atoms with van der Waals surface area (Å²) in [5.41, 5.74) is 0.0481. The summed E-state index contributed by atoms with van der Waals surface area (Å²) in [7, 11) is 0. The van der Waals surface area contributed by atoms with Gasteiger partial charge in [-0.15, -0.1) is 11.6 Å². The lowest BCUT2D eigenvalue weighted by atomic mass is 10.1. The van der Waals surface area contributed by atoms with E-state index < -0.39 is 11.6 Å². The molecule has 0 saturated heterocycles. The second-order valence-corrected chi connectivity index (χ2v) is 4.03. The fraction of sp³-hybridized carbons (Fsp3) is 0.417. The molecule has 0 fully saturated rings. The molecule has 2 nitrogen and oxygen atoms in total. The number of carbonyl (C=O) groups is 1. The van der Waals surface area contributed by atoms with Crippen molar-refractivity contribution in [2.75, 3.05) is 5.88 Å². The van der Waals surface area contributed by atoms with E-state index in [0.717, 1.165) is 6.07 Å². The van der Waals surface area contributed by atoms with Gasteiger partial charge in [-0.3, -0.25) is 4.79 Å². The Morgan fingerprint density at radius 1 is 1.47 bits per heavy atom. The highest BCUT2D eigenvalue weighted by Gasteiger charge is 2.13. The molecule has 0 aromatic heterocycles. The third-order valence-corrected chi connectivity index (χ3v) is 2.80. The number of amides is 1. The topological polar surface area (TPSA) is 29.1 Å². The molecule has 0 aliphatic heterocycles. The fourth-order valence-electron chi connectivity index (χ4n) is 1.39. The molecule has 94 valence electrons. The van der Waals surface area contributed by atoms with E-state index in [0.29, 0.717) is 12.3 Å². The molecule has 1 N–H and O–H groups in total. The molecule has 0 heterocycles. The normalized spacial score (nSPS) is 12.2. The third kappa shape index (κ3) is 3.97. The van der Waals surface area contributed by atoms with E-state index in [-0.39, 0.29) is 23.9 Å². The Morgan fingerprint density at radius 2 is 2.18 bits per heavy atom. The van der Waals surface area contributed by atoms with Crippen molar-refractivity contribution >= 4 is 17.5 Å². The molecule has 0 aliphatic carbocycles. The number of halogens is 3. The van der Waals surface area contributed by atoms with Gasteiger partial charge >= 0.3 is 0 Å². The minimum atomic E-state index is -0.971. The van der Waals surface area contributed by atoms with Gasteiger partial charge in [-0.1, -0.05) is 19.1 Å². The van der Waals surface area contributed by atoms with Crippen LogP contribution in [0.2, 0.25) is 0 Å². The van der Waals surface area contributed by atoms with E-state index in [1.54, 1.807) is 0 Å². The van der Waals surface area contributed by atoms with Crippen molar-refractivity contribution in [1.29, 1.82) is 0 Å². The summed E-state index contributed by atoms with van der Waals surface area (Å²) < 4.78 is 26.2. The van der Waals surface area contributed by atoms with Crippen LogP contribution in [-0.4, -0.2) is 17.8 Å². The lowest BCUT2D eigenvalue weighted by Gasteiger charge is -2.13. The predicted molar refractivity (Wildman–Crippen MR) is 63.0 cm³/mol. The zero-order valence-corrected chi connectivity index (χ0v) is 10.2. The average Bonchev–Trinajstić information content (AvgIpc) is 2.32. The summed E-state index contributed by atoms with van der Waals surface area (Å²) in [5, 5.41) is 2.65. The summed E-state index contributed by atoms with van der Waals surface area (Å²) in [5.74, 6) is -1.98. The van der Waals surface area contributed by atoms with Crippen molar-refractivity contribution < 1.29 is 13.6 Å². The van der Waals surface area contributed by atoms with Crippen LogP contribution < -0.4 is 5.32 Å². The molecule has 17 heavy (non-hydrogen) atoms. The molecule has 1 rings (SSSR count). The molecule has 0 aliphatic rings. The lowest BCUT2D eigenvalue weighted by molar-refractivity contribution is -0.121. The van der Waals surface area contributed by atoms with E-state index in [1.165, 1.54) is 12.1 Å². The van der Waals surface area contributed by atoms with E-state index >= 15 is 0 Å². The van der Waals surface area contributed by atoms with Crippen LogP contribution in [0.3, 0.4) is 0 Å². The molecule has 5 heteroatoms. The van der Waals surface area contributed by atoms with E-state index in [1.807, 2.05) is 6.92 Å². The largest absolute Gasteiger partial charge is 0.352 e. The Balaban J connectivity index is 2.65. The first kappa shape index (κ1) is 13.9. The summed E-state index contributed by atoms with van der Waals surface area (Å²) in [6.45, 7) is 1.89. The van der Waals surface area contributed by atoms with Crippen molar-refractivity contribution in [3.63, 3.8) is 0 Å². The van der Waals surface area contributed by atoms with Crippen LogP contribution in [0.25, 0.3) is 0 Å². The second kappa shape index (κ2) is 6.55. The first-order valence-electron chi connectivity index (χ1n) is 5.36. The molecule has 1 aromatic rings. The first-order valence-corrected chi connectivity index (χ1v) is 5.90. The highest BCUT2D eigenvalue weighted by Crippen LogP contribution is 2.12. The number of hydrogen-bond acceptors (Lipinski definition) is 1. The van der Waals surface area contributed by atoms with Gasteiger partial charge in [0.2, 0.25) is 5.91 Å². The molecule has 1 atom stereocenters. The van der Waals surface area contributed by atoms with Gasteiger partial charge in [0.15, 0.2) is 11.6 Å². The van der Waals surface area contributed by atoms with Gasteiger partial charge in [0.05, 0.1) is 6.42 Å². The first-order chi connectivity index (χ1) is 8.08. The van der Waals surface area contributed by atoms with Gasteiger partial charge in [-0.25, -0.2) is 8.78 Å². The highest BCUT2D eigenvalue weighted by atomic mass is 35.5. The zero-order chi connectivity index (χ0) is 12.8. The Morgan fingerprint density at radius 3 is 2.76 bits per heavy atom. The Labute approximate surface area is 104 Å². The van der Waals surface area contributed by atoms with Crippen LogP contribution in [0.1, 0.15) is 18.9 Å². The monoisotopic (exact) mass is 261 g/mol. The van der Waals surface area contributed by atoms with Crippen molar-refractivity contribution in [3.8, 4) is 0 Å². The predicted octanol–water partition coefficient (Wildman–Crippen LogP) is 2.64. The molecular formula is C12H14ClF2NO. The molecule has 0 spiro atoms. The van der Waals surface area contributed by atoms with Gasteiger partial charge in [-0.05, 0) is 12.5 Å². The average molecular weight is 262 g/mol. The quantitative estimate of drug-likeness (QED) is 0.811. The maximum Gasteiger partial charge on any atom is 0.224 e. The Bertz CT molecular complexity index is 394. The lowest BCUT2D eigenvalue weighted by Crippen LogP contribution is -2.36. The zero-order valence-electron chi connectivity index (χ0n) is 9.47. The standard InChI is InChI=1S/C12H14ClF2NO/c1-2-9(7-13)16-11(17)6-8-4-3-5-10(14)12(8)15/h3-5,9H,2,6-7H2,1H3,(H,16,17). The number of alkyl halides is 1. The SMILES string of the molecule is CCC(CCl)NC(=O)Cc1cccc(F)c1F. The maximum atomic E-state index is 13.3. The number of rotatable bonds is 5. The Kier molecular flexibility index (Phi) is 5.35. The molecule has 0 bridgehead atoms. The smallest absolute Gasteiger partial charge is 0.224 e. The van der Waals surface area contributed by atoms with Crippen molar-refractivity contribution in [2.45, 2.75) is 25.8 Å². The molecule has 1 aromatic carbocycles. The van der Waals surface area contributed by atoms with Crippen LogP contribution in [0.5, 0.6) is 0 Å². The van der Waals surface area contributed by atoms with Gasteiger partial charge in [0.1, 0.15) is 0 Å². The van der Waals surface area contributed by atoms with Gasteiger partial charge < -0.3 is 5.32 Å². The summed E-state index contributed by atoms with van der Waals surface area (Å²) >= 11 is 5.62. The van der Waals surface area contributed by atoms with Crippen molar-refractivity contribution in [2.24, 2.45) is 0 Å². The highest BCUT2D eigenvalue weighted by molar-refractivity contribution is 6.18. The van der Waals surface area contributed by atoms with Gasteiger partial charge in [0.25, 0.3) is 0 Å². The molecule has 1 amide bonds. The molecule has 1 unspecified atom stereocenters. The number of carbonyl (C=O) groups excluding carboxylic acids is 1. The Hall–Kier alpha value is -1.16. The van der Waals surface area contributed by atoms with Crippen LogP contribution in [0.4, 0.5) is 8.78 Å². The summed E-state index contributed by atoms with van der Waals surface area (Å²) in [6, 6.07) is 3.64. The van der Waals surface area contributed by atoms with Crippen LogP contribution in [-0.2, 0) is 11.2 Å². The van der Waals surface area contributed by atoms with Crippen molar-refractivity contribution in [1.82, 2.24) is 5.32 Å². The number of hydrogen-bond donors (Lipinski definition) is 1. The summed E-state index contributed by atoms with van der Waals surface area (Å²) in [4.78, 5) is 11.5. The fourth-order valence-corrected chi connectivity index (χ4v) is 1.68. The third-order valence-electron chi connectivity index (χ3n) is 2.43. The van der Waals surface area contributed by atoms with Gasteiger partial charge in [-0.2, -0.15) is 0 Å². The molecule has 0 radical (unpaired) electrons. The van der Waals surface area contributed by atoms with E-state index in [2.05, 4.69) is 5.32 Å². The minimum absolute atomic E-state index is 0.0481. The maximum absolute atomic E-state index is 13.3. The van der Waals surface area contributed by atoms with Crippen LogP contribution in [0.15, 0.2) is 18.2 Å². The second-order valence-electron chi connectivity index (χ2n) is 3.72. The minimum Gasteiger partial charge on any atom is -0.352 e. The van der Waals surface area contributed by atoms with Gasteiger partial charge in [0, 0.05) is 17.5 Å². The van der Waals surface area contributed by atoms with Crippen molar-refractivity contribution in [3.05, 3.63) is 35.4 Å². The molecule has 0 saturated carbocycles. The number of benzene rings is 1.